The topological polar surface area (TPSA) is 89.2 Å². The van der Waals surface area contributed by atoms with Gasteiger partial charge in [0.05, 0.1) is 18.5 Å². The van der Waals surface area contributed by atoms with Crippen LogP contribution in [0.4, 0.5) is 0 Å². The second-order valence-electron chi connectivity index (χ2n) is 7.21. The van der Waals surface area contributed by atoms with E-state index in [-0.39, 0.29) is 18.4 Å². The summed E-state index contributed by atoms with van der Waals surface area (Å²) < 4.78 is 7.14. The third kappa shape index (κ3) is 4.08. The number of hydrogen-bond donors (Lipinski definition) is 2. The molecule has 7 heteroatoms. The van der Waals surface area contributed by atoms with Gasteiger partial charge >= 0.3 is 0 Å². The molecule has 2 amide bonds. The van der Waals surface area contributed by atoms with Crippen LogP contribution in [-0.4, -0.2) is 21.4 Å². The van der Waals surface area contributed by atoms with Crippen LogP contribution < -0.4 is 10.6 Å². The normalized spacial score (nSPS) is 13.0. The van der Waals surface area contributed by atoms with Crippen molar-refractivity contribution in [1.29, 1.82) is 0 Å². The van der Waals surface area contributed by atoms with E-state index in [1.54, 1.807) is 18.4 Å². The van der Waals surface area contributed by atoms with Crippen molar-refractivity contribution >= 4 is 11.8 Å². The number of carbonyl (C=O) groups is 2. The van der Waals surface area contributed by atoms with E-state index >= 15 is 0 Å². The Morgan fingerprint density at radius 3 is 2.69 bits per heavy atom. The van der Waals surface area contributed by atoms with Gasteiger partial charge in [0.25, 0.3) is 11.8 Å². The standard InChI is InChI=1S/C22H24N4O3/c1-15-7-2-3-8-16(15)13-23-22(28)20-25-19(18-10-4-5-11-26(18)20)21(27)24-14-17-9-6-12-29-17/h2-3,6-9,12H,4-5,10-11,13-14H2,1H3,(H,23,28)(H,24,27). The first kappa shape index (κ1) is 19.0. The Hall–Kier alpha value is -3.35. The number of fused-ring (bicyclic) bond motifs is 1. The van der Waals surface area contributed by atoms with Crippen molar-refractivity contribution in [2.24, 2.45) is 0 Å². The predicted molar refractivity (Wildman–Crippen MR) is 107 cm³/mol. The van der Waals surface area contributed by atoms with Crippen molar-refractivity contribution in [2.45, 2.75) is 45.8 Å². The molecule has 0 unspecified atom stereocenters. The van der Waals surface area contributed by atoms with Crippen LogP contribution in [0.5, 0.6) is 0 Å². The van der Waals surface area contributed by atoms with Crippen molar-refractivity contribution in [2.75, 3.05) is 0 Å². The van der Waals surface area contributed by atoms with E-state index in [1.165, 1.54) is 0 Å². The predicted octanol–water partition coefficient (Wildman–Crippen LogP) is 2.98. The van der Waals surface area contributed by atoms with Crippen LogP contribution in [0.3, 0.4) is 0 Å². The van der Waals surface area contributed by atoms with Crippen LogP contribution in [0, 0.1) is 6.92 Å². The smallest absolute Gasteiger partial charge is 0.287 e. The highest BCUT2D eigenvalue weighted by Gasteiger charge is 2.27. The van der Waals surface area contributed by atoms with E-state index in [0.29, 0.717) is 30.4 Å². The number of furan rings is 1. The largest absolute Gasteiger partial charge is 0.467 e. The Morgan fingerprint density at radius 1 is 1.07 bits per heavy atom. The van der Waals surface area contributed by atoms with Crippen LogP contribution in [0.15, 0.2) is 47.1 Å². The first-order valence-corrected chi connectivity index (χ1v) is 9.86. The second-order valence-corrected chi connectivity index (χ2v) is 7.21. The quantitative estimate of drug-likeness (QED) is 0.675. The van der Waals surface area contributed by atoms with Crippen molar-refractivity contribution in [1.82, 2.24) is 20.2 Å². The van der Waals surface area contributed by atoms with Crippen molar-refractivity contribution in [3.8, 4) is 0 Å². The Kier molecular flexibility index (Phi) is 5.46. The summed E-state index contributed by atoms with van der Waals surface area (Å²) in [4.78, 5) is 30.0. The van der Waals surface area contributed by atoms with Gasteiger partial charge in [-0.2, -0.15) is 0 Å². The van der Waals surface area contributed by atoms with Gasteiger partial charge in [0, 0.05) is 13.1 Å². The minimum Gasteiger partial charge on any atom is -0.467 e. The highest BCUT2D eigenvalue weighted by Crippen LogP contribution is 2.21. The molecule has 3 heterocycles. The van der Waals surface area contributed by atoms with Crippen molar-refractivity contribution in [3.63, 3.8) is 0 Å². The minimum absolute atomic E-state index is 0.263. The van der Waals surface area contributed by atoms with Gasteiger partial charge in [0.15, 0.2) is 5.82 Å². The zero-order chi connectivity index (χ0) is 20.2. The maximum atomic E-state index is 12.8. The molecule has 7 nitrogen and oxygen atoms in total. The molecule has 0 aliphatic carbocycles. The van der Waals surface area contributed by atoms with Crippen LogP contribution in [-0.2, 0) is 26.1 Å². The molecule has 150 valence electrons. The molecule has 0 fully saturated rings. The lowest BCUT2D eigenvalue weighted by molar-refractivity contribution is 0.0935. The first-order chi connectivity index (χ1) is 14.1. The van der Waals surface area contributed by atoms with Crippen LogP contribution in [0.2, 0.25) is 0 Å². The molecule has 0 spiro atoms. The number of nitrogens with one attached hydrogen (secondary N) is 2. The maximum absolute atomic E-state index is 12.8. The average Bonchev–Trinajstić information content (AvgIpc) is 3.39. The number of benzene rings is 1. The van der Waals surface area contributed by atoms with E-state index in [0.717, 1.165) is 36.1 Å². The Balaban J connectivity index is 1.51. The molecule has 4 rings (SSSR count). The molecular formula is C22H24N4O3. The second kappa shape index (κ2) is 8.34. The highest BCUT2D eigenvalue weighted by atomic mass is 16.3. The maximum Gasteiger partial charge on any atom is 0.287 e. The monoisotopic (exact) mass is 392 g/mol. The number of hydrogen-bond acceptors (Lipinski definition) is 4. The fraction of sp³-hybridized carbons (Fsp3) is 0.318. The SMILES string of the molecule is Cc1ccccc1CNC(=O)c1nc(C(=O)NCc2ccco2)c2n1CCCC2. The first-order valence-electron chi connectivity index (χ1n) is 9.86. The van der Waals surface area contributed by atoms with E-state index in [2.05, 4.69) is 15.6 Å². The molecule has 0 atom stereocenters. The zero-order valence-corrected chi connectivity index (χ0v) is 16.4. The average molecular weight is 392 g/mol. The molecule has 1 aliphatic heterocycles. The van der Waals surface area contributed by atoms with Gasteiger partial charge in [-0.1, -0.05) is 24.3 Å². The van der Waals surface area contributed by atoms with Gasteiger partial charge < -0.3 is 19.6 Å². The lowest BCUT2D eigenvalue weighted by Gasteiger charge is -2.17. The molecular weight excluding hydrogens is 368 g/mol. The van der Waals surface area contributed by atoms with Crippen molar-refractivity contribution in [3.05, 3.63) is 76.8 Å². The van der Waals surface area contributed by atoms with Gasteiger partial charge in [0.2, 0.25) is 0 Å². The minimum atomic E-state index is -0.287. The number of amides is 2. The van der Waals surface area contributed by atoms with E-state index in [1.807, 2.05) is 35.8 Å². The highest BCUT2D eigenvalue weighted by molar-refractivity contribution is 5.97. The van der Waals surface area contributed by atoms with Gasteiger partial charge in [-0.3, -0.25) is 9.59 Å². The molecule has 2 aromatic heterocycles. The Morgan fingerprint density at radius 2 is 1.90 bits per heavy atom. The zero-order valence-electron chi connectivity index (χ0n) is 16.4. The number of carbonyl (C=O) groups excluding carboxylic acids is 2. The van der Waals surface area contributed by atoms with Crippen LogP contribution >= 0.6 is 0 Å². The fourth-order valence-electron chi connectivity index (χ4n) is 3.63. The third-order valence-electron chi connectivity index (χ3n) is 5.24. The van der Waals surface area contributed by atoms with E-state index in [4.69, 9.17) is 4.42 Å². The number of imidazole rings is 1. The van der Waals surface area contributed by atoms with Gasteiger partial charge in [-0.05, 0) is 49.4 Å². The van der Waals surface area contributed by atoms with E-state index < -0.39 is 0 Å². The van der Waals surface area contributed by atoms with Gasteiger partial charge in [0.1, 0.15) is 11.5 Å². The Bertz CT molecular complexity index is 1020. The summed E-state index contributed by atoms with van der Waals surface area (Å²) in [7, 11) is 0. The number of aromatic nitrogens is 2. The van der Waals surface area contributed by atoms with Gasteiger partial charge in [-0.25, -0.2) is 4.98 Å². The van der Waals surface area contributed by atoms with Crippen LogP contribution in [0.1, 0.15) is 56.5 Å². The number of rotatable bonds is 6. The fourth-order valence-corrected chi connectivity index (χ4v) is 3.63. The molecule has 1 aromatic carbocycles. The summed E-state index contributed by atoms with van der Waals surface area (Å²) in [5.41, 5.74) is 3.34. The summed E-state index contributed by atoms with van der Waals surface area (Å²) in [6, 6.07) is 11.5. The third-order valence-corrected chi connectivity index (χ3v) is 5.24. The van der Waals surface area contributed by atoms with E-state index in [9.17, 15) is 9.59 Å². The summed E-state index contributed by atoms with van der Waals surface area (Å²) >= 11 is 0. The number of nitrogens with zero attached hydrogens (tertiary/aromatic N) is 2. The molecule has 3 aromatic rings. The molecule has 0 saturated carbocycles. The molecule has 2 N–H and O–H groups in total. The lowest BCUT2D eigenvalue weighted by Crippen LogP contribution is -2.27. The number of aryl methyl sites for hydroxylation is 1. The Labute approximate surface area is 169 Å². The summed E-state index contributed by atoms with van der Waals surface area (Å²) in [5, 5.41) is 5.77. The van der Waals surface area contributed by atoms with Gasteiger partial charge in [-0.15, -0.1) is 0 Å². The lowest BCUT2D eigenvalue weighted by atomic mass is 10.1. The molecule has 29 heavy (non-hydrogen) atoms. The summed E-state index contributed by atoms with van der Waals surface area (Å²) in [6.07, 6.45) is 4.25. The van der Waals surface area contributed by atoms with Crippen molar-refractivity contribution < 1.29 is 14.0 Å². The molecule has 0 radical (unpaired) electrons. The summed E-state index contributed by atoms with van der Waals surface area (Å²) in [5.74, 6) is 0.422. The molecule has 0 saturated heterocycles. The molecule has 0 bridgehead atoms. The summed E-state index contributed by atoms with van der Waals surface area (Å²) in [6.45, 7) is 3.42. The molecule has 1 aliphatic rings. The van der Waals surface area contributed by atoms with Crippen LogP contribution in [0.25, 0.3) is 0 Å².